The highest BCUT2D eigenvalue weighted by Crippen LogP contribution is 2.30. The van der Waals surface area contributed by atoms with Crippen molar-refractivity contribution in [1.29, 1.82) is 0 Å². The molecule has 0 saturated heterocycles. The molecule has 2 aromatic rings. The molecule has 3 amide bonds. The first-order valence-corrected chi connectivity index (χ1v) is 8.67. The fourth-order valence-corrected chi connectivity index (χ4v) is 3.27. The number of non-ortho nitro benzene ring substituents is 1. The Morgan fingerprint density at radius 2 is 1.89 bits per heavy atom. The number of anilines is 1. The number of nitro benzene ring substituents is 1. The van der Waals surface area contributed by atoms with E-state index < -0.39 is 22.9 Å². The van der Waals surface area contributed by atoms with Crippen molar-refractivity contribution in [3.8, 4) is 0 Å². The number of amides is 3. The van der Waals surface area contributed by atoms with Crippen molar-refractivity contribution in [1.82, 2.24) is 10.6 Å². The number of rotatable bonds is 4. The van der Waals surface area contributed by atoms with Gasteiger partial charge in [0.2, 0.25) is 0 Å². The van der Waals surface area contributed by atoms with Crippen molar-refractivity contribution in [3.63, 3.8) is 0 Å². The van der Waals surface area contributed by atoms with Gasteiger partial charge in [-0.15, -0.1) is 0 Å². The molecule has 1 aliphatic rings. The number of carbonyl (C=O) groups excluding carboxylic acids is 2. The molecular weight excluding hydrogens is 360 g/mol. The van der Waals surface area contributed by atoms with Crippen molar-refractivity contribution < 1.29 is 14.5 Å². The van der Waals surface area contributed by atoms with E-state index in [9.17, 15) is 19.7 Å². The number of nitrogens with one attached hydrogen (secondary N) is 3. The van der Waals surface area contributed by atoms with E-state index in [1.54, 1.807) is 13.0 Å². The average Bonchev–Trinajstić information content (AvgIpc) is 2.61. The van der Waals surface area contributed by atoms with Crippen molar-refractivity contribution in [2.75, 3.05) is 5.32 Å². The van der Waals surface area contributed by atoms with E-state index in [4.69, 9.17) is 0 Å². The molecule has 8 heteroatoms. The third kappa shape index (κ3) is 3.85. The highest BCUT2D eigenvalue weighted by Gasteiger charge is 2.32. The smallest absolute Gasteiger partial charge is 0.319 e. The maximum Gasteiger partial charge on any atom is 0.319 e. The number of nitrogens with zero attached hydrogens (tertiary/aromatic N) is 1. The summed E-state index contributed by atoms with van der Waals surface area (Å²) in [5, 5.41) is 19.1. The van der Waals surface area contributed by atoms with Crippen molar-refractivity contribution >= 4 is 23.3 Å². The van der Waals surface area contributed by atoms with Gasteiger partial charge in [0.1, 0.15) is 0 Å². The summed E-state index contributed by atoms with van der Waals surface area (Å²) in [6.45, 7) is 5.54. The molecule has 1 heterocycles. The second kappa shape index (κ2) is 7.51. The SMILES string of the molecule is CC1=C(C(=O)Nc2cccc([N+](=O)[O-])c2)C(c2ccc(C)cc2C)NC(=O)N1. The Morgan fingerprint density at radius 3 is 2.57 bits per heavy atom. The van der Waals surface area contributed by atoms with Crippen LogP contribution in [0.2, 0.25) is 0 Å². The van der Waals surface area contributed by atoms with Gasteiger partial charge in [-0.05, 0) is 38.0 Å². The third-order valence-electron chi connectivity index (χ3n) is 4.56. The summed E-state index contributed by atoms with van der Waals surface area (Å²) in [4.78, 5) is 35.4. The van der Waals surface area contributed by atoms with Crippen LogP contribution in [0.15, 0.2) is 53.7 Å². The lowest BCUT2D eigenvalue weighted by Crippen LogP contribution is -2.46. The highest BCUT2D eigenvalue weighted by atomic mass is 16.6. The van der Waals surface area contributed by atoms with E-state index in [0.717, 1.165) is 16.7 Å². The number of hydrogen-bond donors (Lipinski definition) is 3. The largest absolute Gasteiger partial charge is 0.327 e. The lowest BCUT2D eigenvalue weighted by atomic mass is 9.91. The van der Waals surface area contributed by atoms with Gasteiger partial charge in [0.25, 0.3) is 11.6 Å². The van der Waals surface area contributed by atoms with Gasteiger partial charge < -0.3 is 16.0 Å². The zero-order chi connectivity index (χ0) is 20.4. The fourth-order valence-electron chi connectivity index (χ4n) is 3.27. The molecule has 3 rings (SSSR count). The maximum atomic E-state index is 13.0. The molecule has 3 N–H and O–H groups in total. The minimum Gasteiger partial charge on any atom is -0.327 e. The Hall–Kier alpha value is -3.68. The molecule has 0 saturated carbocycles. The van der Waals surface area contributed by atoms with Crippen LogP contribution < -0.4 is 16.0 Å². The first-order valence-electron chi connectivity index (χ1n) is 8.67. The lowest BCUT2D eigenvalue weighted by molar-refractivity contribution is -0.384. The van der Waals surface area contributed by atoms with Crippen LogP contribution in [0.5, 0.6) is 0 Å². The van der Waals surface area contributed by atoms with E-state index in [1.807, 2.05) is 32.0 Å². The van der Waals surface area contributed by atoms with E-state index in [-0.39, 0.29) is 5.69 Å². The predicted octanol–water partition coefficient (Wildman–Crippen LogP) is 3.48. The zero-order valence-corrected chi connectivity index (χ0v) is 15.7. The first kappa shape index (κ1) is 19.1. The molecule has 0 aromatic heterocycles. The summed E-state index contributed by atoms with van der Waals surface area (Å²) in [6, 6.07) is 10.5. The third-order valence-corrected chi connectivity index (χ3v) is 4.56. The number of benzene rings is 2. The summed E-state index contributed by atoms with van der Waals surface area (Å²) in [6.07, 6.45) is 0. The van der Waals surface area contributed by atoms with Gasteiger partial charge in [-0.2, -0.15) is 0 Å². The first-order chi connectivity index (χ1) is 13.3. The highest BCUT2D eigenvalue weighted by molar-refractivity contribution is 6.07. The maximum absolute atomic E-state index is 13.0. The Kier molecular flexibility index (Phi) is 5.12. The monoisotopic (exact) mass is 380 g/mol. The molecule has 0 spiro atoms. The number of carbonyl (C=O) groups is 2. The number of hydrogen-bond acceptors (Lipinski definition) is 4. The molecule has 1 aliphatic heterocycles. The van der Waals surface area contributed by atoms with Gasteiger partial charge in [0.05, 0.1) is 16.5 Å². The van der Waals surface area contributed by atoms with Crippen LogP contribution in [0.3, 0.4) is 0 Å². The summed E-state index contributed by atoms with van der Waals surface area (Å²) in [5.74, 6) is -0.449. The van der Waals surface area contributed by atoms with Crippen LogP contribution in [0.4, 0.5) is 16.2 Å². The molecule has 8 nitrogen and oxygen atoms in total. The van der Waals surface area contributed by atoms with Crippen LogP contribution in [-0.4, -0.2) is 16.9 Å². The summed E-state index contributed by atoms with van der Waals surface area (Å²) in [7, 11) is 0. The van der Waals surface area contributed by atoms with Gasteiger partial charge in [-0.1, -0.05) is 29.8 Å². The molecule has 1 atom stereocenters. The van der Waals surface area contributed by atoms with Crippen molar-refractivity contribution in [3.05, 3.63) is 80.5 Å². The van der Waals surface area contributed by atoms with Crippen LogP contribution in [0.25, 0.3) is 0 Å². The standard InChI is InChI=1S/C20H20N4O4/c1-11-7-8-16(12(2)9-11)18-17(13(3)21-20(26)23-18)19(25)22-14-5-4-6-15(10-14)24(27)28/h4-10,18H,1-3H3,(H,22,25)(H2,21,23,26). The van der Waals surface area contributed by atoms with E-state index in [0.29, 0.717) is 17.0 Å². The molecule has 1 unspecified atom stereocenters. The van der Waals surface area contributed by atoms with Gasteiger partial charge in [0, 0.05) is 23.5 Å². The number of urea groups is 1. The molecule has 2 aromatic carbocycles. The van der Waals surface area contributed by atoms with Crippen LogP contribution in [0.1, 0.15) is 29.7 Å². The number of nitro groups is 1. The minimum atomic E-state index is -0.631. The Balaban J connectivity index is 1.97. The van der Waals surface area contributed by atoms with Gasteiger partial charge >= 0.3 is 6.03 Å². The summed E-state index contributed by atoms with van der Waals surface area (Å²) >= 11 is 0. The van der Waals surface area contributed by atoms with Gasteiger partial charge in [0.15, 0.2) is 0 Å². The molecule has 0 bridgehead atoms. The zero-order valence-electron chi connectivity index (χ0n) is 15.7. The molecule has 0 fully saturated rings. The van der Waals surface area contributed by atoms with Gasteiger partial charge in [-0.3, -0.25) is 14.9 Å². The van der Waals surface area contributed by atoms with E-state index >= 15 is 0 Å². The Morgan fingerprint density at radius 1 is 1.14 bits per heavy atom. The van der Waals surface area contributed by atoms with Crippen LogP contribution in [0, 0.1) is 24.0 Å². The molecule has 144 valence electrons. The predicted molar refractivity (Wildman–Crippen MR) is 105 cm³/mol. The molecule has 0 radical (unpaired) electrons. The summed E-state index contributed by atoms with van der Waals surface area (Å²) < 4.78 is 0. The van der Waals surface area contributed by atoms with Gasteiger partial charge in [-0.25, -0.2) is 4.79 Å². The number of aryl methyl sites for hydroxylation is 2. The lowest BCUT2D eigenvalue weighted by Gasteiger charge is -2.29. The topological polar surface area (TPSA) is 113 Å². The molecular formula is C20H20N4O4. The minimum absolute atomic E-state index is 0.121. The fraction of sp³-hybridized carbons (Fsp3) is 0.200. The van der Waals surface area contributed by atoms with Crippen molar-refractivity contribution in [2.45, 2.75) is 26.8 Å². The quantitative estimate of drug-likeness (QED) is 0.556. The second-order valence-electron chi connectivity index (χ2n) is 6.69. The van der Waals surface area contributed by atoms with E-state index in [1.165, 1.54) is 18.2 Å². The second-order valence-corrected chi connectivity index (χ2v) is 6.69. The van der Waals surface area contributed by atoms with Crippen LogP contribution in [-0.2, 0) is 4.79 Å². The summed E-state index contributed by atoms with van der Waals surface area (Å²) in [5.41, 5.74) is 3.78. The molecule has 28 heavy (non-hydrogen) atoms. The average molecular weight is 380 g/mol. The molecule has 0 aliphatic carbocycles. The van der Waals surface area contributed by atoms with Crippen molar-refractivity contribution in [2.24, 2.45) is 0 Å². The Labute approximate surface area is 161 Å². The number of allylic oxidation sites excluding steroid dienone is 1. The van der Waals surface area contributed by atoms with E-state index in [2.05, 4.69) is 16.0 Å². The Bertz CT molecular complexity index is 1010. The van der Waals surface area contributed by atoms with Crippen LogP contribution >= 0.6 is 0 Å². The normalized spacial score (nSPS) is 16.2.